The molecule has 4 unspecified atom stereocenters. The van der Waals surface area contributed by atoms with E-state index in [4.69, 9.17) is 22.3 Å². The lowest BCUT2D eigenvalue weighted by molar-refractivity contribution is -0.143. The Morgan fingerprint density at radius 3 is 1.90 bits per heavy atom. The van der Waals surface area contributed by atoms with Gasteiger partial charge < -0.3 is 48.5 Å². The van der Waals surface area contributed by atoms with Crippen LogP contribution < -0.4 is 33.2 Å². The zero-order valence-electron chi connectivity index (χ0n) is 21.3. The van der Waals surface area contributed by atoms with E-state index in [1.807, 2.05) is 0 Å². The number of unbranched alkanes of at least 4 members (excludes halogenated alkanes) is 1. The SMILES string of the molecule is NCCCCC(NC(=O)C(CCC(=O)O)NC(=O)C(Cc1ccc(O)cc1)NC(=O)C(N)CC(N)=O)C(=O)O. The van der Waals surface area contributed by atoms with E-state index in [2.05, 4.69) is 16.0 Å². The smallest absolute Gasteiger partial charge is 0.326 e. The number of aromatic hydroxyl groups is 1. The van der Waals surface area contributed by atoms with E-state index >= 15 is 0 Å². The topological polar surface area (TPSA) is 277 Å². The van der Waals surface area contributed by atoms with Crippen LogP contribution in [0.5, 0.6) is 5.75 Å². The first-order chi connectivity index (χ1) is 18.3. The summed E-state index contributed by atoms with van der Waals surface area (Å²) >= 11 is 0. The zero-order chi connectivity index (χ0) is 29.5. The van der Waals surface area contributed by atoms with E-state index < -0.39 is 72.6 Å². The Morgan fingerprint density at radius 2 is 1.36 bits per heavy atom. The lowest BCUT2D eigenvalue weighted by Gasteiger charge is -2.25. The van der Waals surface area contributed by atoms with Crippen LogP contribution in [0.15, 0.2) is 24.3 Å². The molecule has 15 nitrogen and oxygen atoms in total. The Hall–Kier alpha value is -4.24. The lowest BCUT2D eigenvalue weighted by Crippen LogP contribution is -2.57. The molecule has 1 aromatic carbocycles. The van der Waals surface area contributed by atoms with Crippen LogP contribution in [0.1, 0.15) is 44.1 Å². The van der Waals surface area contributed by atoms with Gasteiger partial charge in [0.05, 0.1) is 12.5 Å². The molecule has 1 aromatic rings. The molecule has 216 valence electrons. The molecule has 0 spiro atoms. The number of carbonyl (C=O) groups is 6. The van der Waals surface area contributed by atoms with Crippen molar-refractivity contribution in [3.63, 3.8) is 0 Å². The Balaban J connectivity index is 3.14. The summed E-state index contributed by atoms with van der Waals surface area (Å²) in [6, 6.07) is 0.206. The van der Waals surface area contributed by atoms with Gasteiger partial charge in [0.2, 0.25) is 23.6 Å². The first-order valence-electron chi connectivity index (χ1n) is 12.2. The largest absolute Gasteiger partial charge is 0.508 e. The fraction of sp³-hybridized carbons (Fsp3) is 0.500. The second-order valence-electron chi connectivity index (χ2n) is 8.89. The maximum absolute atomic E-state index is 13.2. The van der Waals surface area contributed by atoms with Crippen LogP contribution in [0.3, 0.4) is 0 Å². The molecule has 0 saturated heterocycles. The second-order valence-corrected chi connectivity index (χ2v) is 8.89. The van der Waals surface area contributed by atoms with E-state index in [1.54, 1.807) is 0 Å². The third-order valence-electron chi connectivity index (χ3n) is 5.61. The Morgan fingerprint density at radius 1 is 0.795 bits per heavy atom. The average Bonchev–Trinajstić information content (AvgIpc) is 2.85. The maximum Gasteiger partial charge on any atom is 0.326 e. The van der Waals surface area contributed by atoms with Crippen molar-refractivity contribution < 1.29 is 44.1 Å². The molecule has 0 aliphatic carbocycles. The number of rotatable bonds is 18. The van der Waals surface area contributed by atoms with Crippen LogP contribution in [0.25, 0.3) is 0 Å². The minimum atomic E-state index is -1.46. The summed E-state index contributed by atoms with van der Waals surface area (Å²) in [4.78, 5) is 72.5. The number of carboxylic acid groups (broad SMARTS) is 2. The number of amides is 4. The number of nitrogens with two attached hydrogens (primary N) is 3. The van der Waals surface area contributed by atoms with E-state index in [-0.39, 0.29) is 25.0 Å². The number of hydrogen-bond acceptors (Lipinski definition) is 9. The van der Waals surface area contributed by atoms with Crippen molar-refractivity contribution in [2.24, 2.45) is 17.2 Å². The maximum atomic E-state index is 13.2. The van der Waals surface area contributed by atoms with Gasteiger partial charge in [-0.2, -0.15) is 0 Å². The summed E-state index contributed by atoms with van der Waals surface area (Å²) in [5.74, 6) is -6.17. The molecule has 15 heteroatoms. The lowest BCUT2D eigenvalue weighted by atomic mass is 10.0. The number of hydrogen-bond donors (Lipinski definition) is 9. The van der Waals surface area contributed by atoms with E-state index in [0.717, 1.165) is 0 Å². The molecule has 12 N–H and O–H groups in total. The Bertz CT molecular complexity index is 1020. The van der Waals surface area contributed by atoms with Crippen LogP contribution in [-0.4, -0.2) is 81.6 Å². The number of phenolic OH excluding ortho intramolecular Hbond substituents is 1. The molecule has 0 saturated carbocycles. The van der Waals surface area contributed by atoms with Crippen LogP contribution in [0, 0.1) is 0 Å². The summed E-state index contributed by atoms with van der Waals surface area (Å²) in [6.07, 6.45) is -0.531. The van der Waals surface area contributed by atoms with E-state index in [1.165, 1.54) is 24.3 Å². The molecule has 0 bridgehead atoms. The number of nitrogens with one attached hydrogen (secondary N) is 3. The van der Waals surface area contributed by atoms with Crippen LogP contribution >= 0.6 is 0 Å². The highest BCUT2D eigenvalue weighted by Gasteiger charge is 2.31. The van der Waals surface area contributed by atoms with Crippen molar-refractivity contribution in [2.45, 2.75) is 69.1 Å². The Kier molecular flexibility index (Phi) is 13.9. The van der Waals surface area contributed by atoms with Gasteiger partial charge in [0.25, 0.3) is 0 Å². The number of carbonyl (C=O) groups excluding carboxylic acids is 4. The molecule has 1 rings (SSSR count). The van der Waals surface area contributed by atoms with Gasteiger partial charge in [-0.05, 0) is 49.9 Å². The van der Waals surface area contributed by atoms with Crippen molar-refractivity contribution in [1.82, 2.24) is 16.0 Å². The first-order valence-corrected chi connectivity index (χ1v) is 12.2. The highest BCUT2D eigenvalue weighted by atomic mass is 16.4. The van der Waals surface area contributed by atoms with Gasteiger partial charge in [-0.15, -0.1) is 0 Å². The van der Waals surface area contributed by atoms with Gasteiger partial charge in [0.15, 0.2) is 0 Å². The summed E-state index contributed by atoms with van der Waals surface area (Å²) in [5.41, 5.74) is 16.7. The van der Waals surface area contributed by atoms with Crippen molar-refractivity contribution in [2.75, 3.05) is 6.54 Å². The average molecular weight is 553 g/mol. The normalized spacial score (nSPS) is 13.8. The minimum absolute atomic E-state index is 0.0443. The van der Waals surface area contributed by atoms with Crippen LogP contribution in [0.2, 0.25) is 0 Å². The fourth-order valence-corrected chi connectivity index (χ4v) is 3.50. The molecule has 0 aliphatic heterocycles. The summed E-state index contributed by atoms with van der Waals surface area (Å²) in [5, 5.41) is 35.1. The van der Waals surface area contributed by atoms with Crippen molar-refractivity contribution in [1.29, 1.82) is 0 Å². The number of carboxylic acids is 2. The van der Waals surface area contributed by atoms with Crippen LogP contribution in [0.4, 0.5) is 0 Å². The van der Waals surface area contributed by atoms with Gasteiger partial charge in [-0.3, -0.25) is 24.0 Å². The zero-order valence-corrected chi connectivity index (χ0v) is 21.3. The molecular formula is C24H36N6O9. The first kappa shape index (κ1) is 32.8. The molecule has 4 atom stereocenters. The molecular weight excluding hydrogens is 516 g/mol. The predicted octanol–water partition coefficient (Wildman–Crippen LogP) is -2.33. The van der Waals surface area contributed by atoms with Crippen LogP contribution in [-0.2, 0) is 35.2 Å². The standard InChI is InChI=1S/C24H36N6O9/c25-10-2-1-3-17(24(38)39)29-22(36)16(8-9-20(33)34)28-23(37)18(11-13-4-6-14(31)7-5-13)30-21(35)15(26)12-19(27)32/h4-7,15-18,31H,1-3,8-12,25-26H2,(H2,27,32)(H,28,37)(H,29,36)(H,30,35)(H,33,34)(H,38,39). The summed E-state index contributed by atoms with van der Waals surface area (Å²) in [6.45, 7) is 0.328. The highest BCUT2D eigenvalue weighted by Crippen LogP contribution is 2.12. The van der Waals surface area contributed by atoms with Crippen molar-refractivity contribution in [3.8, 4) is 5.75 Å². The van der Waals surface area contributed by atoms with Gasteiger partial charge in [0, 0.05) is 12.8 Å². The molecule has 39 heavy (non-hydrogen) atoms. The van der Waals surface area contributed by atoms with Gasteiger partial charge in [-0.25, -0.2) is 4.79 Å². The van der Waals surface area contributed by atoms with Crippen molar-refractivity contribution in [3.05, 3.63) is 29.8 Å². The summed E-state index contributed by atoms with van der Waals surface area (Å²) < 4.78 is 0. The third kappa shape index (κ3) is 12.7. The van der Waals surface area contributed by atoms with Crippen molar-refractivity contribution >= 4 is 35.6 Å². The Labute approximate surface area is 224 Å². The molecule has 0 aliphatic rings. The number of aliphatic carboxylic acids is 2. The van der Waals surface area contributed by atoms with Gasteiger partial charge in [0.1, 0.15) is 23.9 Å². The van der Waals surface area contributed by atoms with E-state index in [9.17, 15) is 39.0 Å². The van der Waals surface area contributed by atoms with Gasteiger partial charge in [-0.1, -0.05) is 12.1 Å². The number of primary amides is 1. The molecule has 0 aromatic heterocycles. The summed E-state index contributed by atoms with van der Waals surface area (Å²) in [7, 11) is 0. The fourth-order valence-electron chi connectivity index (χ4n) is 3.50. The molecule has 0 heterocycles. The monoisotopic (exact) mass is 552 g/mol. The van der Waals surface area contributed by atoms with Gasteiger partial charge >= 0.3 is 11.9 Å². The minimum Gasteiger partial charge on any atom is -0.508 e. The number of phenols is 1. The quantitative estimate of drug-likeness (QED) is 0.0871. The number of benzene rings is 1. The molecule has 0 radical (unpaired) electrons. The molecule has 4 amide bonds. The third-order valence-corrected chi connectivity index (χ3v) is 5.61. The molecule has 0 fully saturated rings. The highest BCUT2D eigenvalue weighted by molar-refractivity contribution is 5.95. The predicted molar refractivity (Wildman–Crippen MR) is 137 cm³/mol. The second kappa shape index (κ2) is 16.6. The van der Waals surface area contributed by atoms with E-state index in [0.29, 0.717) is 24.9 Å².